The Balaban J connectivity index is 2.31. The third-order valence-electron chi connectivity index (χ3n) is 3.46. The molecule has 2 rings (SSSR count). The van der Waals surface area contributed by atoms with E-state index in [1.807, 2.05) is 44.2 Å². The number of hydrogen-bond acceptors (Lipinski definition) is 3. The zero-order valence-corrected chi connectivity index (χ0v) is 12.7. The van der Waals surface area contributed by atoms with Crippen LogP contribution in [0.4, 0.5) is 0 Å². The van der Waals surface area contributed by atoms with Crippen molar-refractivity contribution in [2.75, 3.05) is 19.8 Å². The van der Waals surface area contributed by atoms with E-state index < -0.39 is 5.79 Å². The van der Waals surface area contributed by atoms with Gasteiger partial charge in [0.1, 0.15) is 0 Å². The van der Waals surface area contributed by atoms with Gasteiger partial charge in [0.15, 0.2) is 0 Å². The summed E-state index contributed by atoms with van der Waals surface area (Å²) in [5.41, 5.74) is 9.22. The van der Waals surface area contributed by atoms with Crippen LogP contribution in [0.2, 0.25) is 0 Å². The lowest BCUT2D eigenvalue weighted by Gasteiger charge is -2.32. The van der Waals surface area contributed by atoms with E-state index in [0.717, 1.165) is 5.56 Å². The van der Waals surface area contributed by atoms with Crippen molar-refractivity contribution in [2.24, 2.45) is 5.73 Å². The number of hydrogen-bond donors (Lipinski definition) is 1. The SMILES string of the molecule is CCOC(CN)(OCC)c1ccc(-c2ccccc2)cc1. The van der Waals surface area contributed by atoms with Gasteiger partial charge in [-0.05, 0) is 25.0 Å². The zero-order valence-electron chi connectivity index (χ0n) is 12.7. The van der Waals surface area contributed by atoms with E-state index in [-0.39, 0.29) is 0 Å². The van der Waals surface area contributed by atoms with Crippen LogP contribution in [0.5, 0.6) is 0 Å². The van der Waals surface area contributed by atoms with Crippen molar-refractivity contribution in [3.8, 4) is 11.1 Å². The normalized spacial score (nSPS) is 11.6. The minimum atomic E-state index is -0.848. The molecule has 0 atom stereocenters. The van der Waals surface area contributed by atoms with E-state index in [9.17, 15) is 0 Å². The summed E-state index contributed by atoms with van der Waals surface area (Å²) in [6, 6.07) is 18.5. The maximum absolute atomic E-state index is 5.91. The molecule has 0 aliphatic carbocycles. The standard InChI is InChI=1S/C18H23NO2/c1-3-20-18(14-19,21-4-2)17-12-10-16(11-13-17)15-8-6-5-7-9-15/h5-13H,3-4,14,19H2,1-2H3. The van der Waals surface area contributed by atoms with Gasteiger partial charge >= 0.3 is 0 Å². The lowest BCUT2D eigenvalue weighted by molar-refractivity contribution is -0.235. The van der Waals surface area contributed by atoms with Crippen LogP contribution >= 0.6 is 0 Å². The Labute approximate surface area is 126 Å². The van der Waals surface area contributed by atoms with Crippen molar-refractivity contribution >= 4 is 0 Å². The smallest absolute Gasteiger partial charge is 0.207 e. The monoisotopic (exact) mass is 285 g/mol. The predicted molar refractivity (Wildman–Crippen MR) is 85.9 cm³/mol. The van der Waals surface area contributed by atoms with Gasteiger partial charge in [-0.2, -0.15) is 0 Å². The summed E-state index contributed by atoms with van der Waals surface area (Å²) in [5.74, 6) is -0.848. The summed E-state index contributed by atoms with van der Waals surface area (Å²) < 4.78 is 11.6. The zero-order chi connectivity index (χ0) is 15.1. The van der Waals surface area contributed by atoms with Crippen LogP contribution in [0.25, 0.3) is 11.1 Å². The fourth-order valence-corrected chi connectivity index (χ4v) is 2.46. The fraction of sp³-hybridized carbons (Fsp3) is 0.333. The molecule has 0 heterocycles. The van der Waals surface area contributed by atoms with E-state index in [1.165, 1.54) is 11.1 Å². The summed E-state index contributed by atoms with van der Waals surface area (Å²) in [7, 11) is 0. The quantitative estimate of drug-likeness (QED) is 0.791. The van der Waals surface area contributed by atoms with E-state index in [0.29, 0.717) is 19.8 Å². The minimum absolute atomic E-state index is 0.291. The lowest BCUT2D eigenvalue weighted by atomic mass is 10.00. The summed E-state index contributed by atoms with van der Waals surface area (Å²) in [6.07, 6.45) is 0. The molecule has 2 N–H and O–H groups in total. The average Bonchev–Trinajstić information content (AvgIpc) is 2.55. The molecule has 2 aromatic rings. The highest BCUT2D eigenvalue weighted by atomic mass is 16.7. The maximum atomic E-state index is 5.91. The number of nitrogens with two attached hydrogens (primary N) is 1. The number of benzene rings is 2. The van der Waals surface area contributed by atoms with Gasteiger partial charge in [0, 0.05) is 18.8 Å². The fourth-order valence-electron chi connectivity index (χ4n) is 2.46. The third-order valence-corrected chi connectivity index (χ3v) is 3.46. The highest BCUT2D eigenvalue weighted by Gasteiger charge is 2.32. The van der Waals surface area contributed by atoms with Gasteiger partial charge in [-0.1, -0.05) is 54.6 Å². The molecule has 0 saturated carbocycles. The van der Waals surface area contributed by atoms with Gasteiger partial charge in [-0.15, -0.1) is 0 Å². The molecular formula is C18H23NO2. The van der Waals surface area contributed by atoms with Crippen molar-refractivity contribution in [3.05, 3.63) is 60.2 Å². The molecule has 0 aliphatic heterocycles. The van der Waals surface area contributed by atoms with Gasteiger partial charge in [0.05, 0.1) is 6.54 Å². The average molecular weight is 285 g/mol. The summed E-state index contributed by atoms with van der Waals surface area (Å²) in [5, 5.41) is 0. The van der Waals surface area contributed by atoms with E-state index >= 15 is 0 Å². The first-order valence-electron chi connectivity index (χ1n) is 7.39. The molecule has 0 aliphatic rings. The van der Waals surface area contributed by atoms with Gasteiger partial charge in [-0.25, -0.2) is 0 Å². The first-order valence-corrected chi connectivity index (χ1v) is 7.39. The minimum Gasteiger partial charge on any atom is -0.345 e. The Morgan fingerprint density at radius 1 is 0.810 bits per heavy atom. The molecule has 21 heavy (non-hydrogen) atoms. The van der Waals surface area contributed by atoms with Crippen LogP contribution in [0.1, 0.15) is 19.4 Å². The van der Waals surface area contributed by atoms with E-state index in [1.54, 1.807) is 0 Å². The lowest BCUT2D eigenvalue weighted by Crippen LogP contribution is -2.40. The van der Waals surface area contributed by atoms with E-state index in [4.69, 9.17) is 15.2 Å². The Morgan fingerprint density at radius 3 is 1.81 bits per heavy atom. The Hall–Kier alpha value is -1.68. The number of rotatable bonds is 7. The van der Waals surface area contributed by atoms with E-state index in [2.05, 4.69) is 24.3 Å². The van der Waals surface area contributed by atoms with Crippen LogP contribution in [-0.4, -0.2) is 19.8 Å². The molecule has 0 aromatic heterocycles. The molecule has 0 amide bonds. The van der Waals surface area contributed by atoms with Crippen LogP contribution < -0.4 is 5.73 Å². The number of ether oxygens (including phenoxy) is 2. The molecule has 0 spiro atoms. The second-order valence-electron chi connectivity index (χ2n) is 4.77. The highest BCUT2D eigenvalue weighted by Crippen LogP contribution is 2.29. The third kappa shape index (κ3) is 3.50. The van der Waals surface area contributed by atoms with Crippen LogP contribution in [0.3, 0.4) is 0 Å². The molecule has 0 radical (unpaired) electrons. The molecule has 3 heteroatoms. The largest absolute Gasteiger partial charge is 0.345 e. The second-order valence-corrected chi connectivity index (χ2v) is 4.77. The van der Waals surface area contributed by atoms with Crippen LogP contribution in [0, 0.1) is 0 Å². The van der Waals surface area contributed by atoms with Gasteiger partial charge < -0.3 is 15.2 Å². The molecular weight excluding hydrogens is 262 g/mol. The van der Waals surface area contributed by atoms with Crippen molar-refractivity contribution in [1.82, 2.24) is 0 Å². The summed E-state index contributed by atoms with van der Waals surface area (Å²) >= 11 is 0. The molecule has 0 fully saturated rings. The molecule has 0 bridgehead atoms. The van der Waals surface area contributed by atoms with Gasteiger partial charge in [0.25, 0.3) is 0 Å². The summed E-state index contributed by atoms with van der Waals surface area (Å²) in [6.45, 7) is 5.29. The van der Waals surface area contributed by atoms with Gasteiger partial charge in [-0.3, -0.25) is 0 Å². The maximum Gasteiger partial charge on any atom is 0.207 e. The topological polar surface area (TPSA) is 44.5 Å². The van der Waals surface area contributed by atoms with Gasteiger partial charge in [0.2, 0.25) is 5.79 Å². The van der Waals surface area contributed by atoms with Crippen molar-refractivity contribution in [3.63, 3.8) is 0 Å². The Morgan fingerprint density at radius 2 is 1.33 bits per heavy atom. The molecule has 112 valence electrons. The van der Waals surface area contributed by atoms with Crippen molar-refractivity contribution in [1.29, 1.82) is 0 Å². The molecule has 2 aromatic carbocycles. The molecule has 0 unspecified atom stereocenters. The van der Waals surface area contributed by atoms with Crippen LogP contribution in [0.15, 0.2) is 54.6 Å². The first kappa shape index (κ1) is 15.7. The Bertz CT molecular complexity index is 531. The van der Waals surface area contributed by atoms with Crippen molar-refractivity contribution < 1.29 is 9.47 Å². The predicted octanol–water partition coefficient (Wildman–Crippen LogP) is 3.54. The molecule has 0 saturated heterocycles. The summed E-state index contributed by atoms with van der Waals surface area (Å²) in [4.78, 5) is 0. The van der Waals surface area contributed by atoms with Crippen LogP contribution in [-0.2, 0) is 15.3 Å². The van der Waals surface area contributed by atoms with Crippen molar-refractivity contribution in [2.45, 2.75) is 19.6 Å². The highest BCUT2D eigenvalue weighted by molar-refractivity contribution is 5.63. The first-order chi connectivity index (χ1) is 10.3. The Kier molecular flexibility index (Phi) is 5.51. The molecule has 3 nitrogen and oxygen atoms in total. The second kappa shape index (κ2) is 7.36.